The number of halogens is 1. The third-order valence-electron chi connectivity index (χ3n) is 3.51. The van der Waals surface area contributed by atoms with Crippen LogP contribution in [0.3, 0.4) is 0 Å². The van der Waals surface area contributed by atoms with Crippen LogP contribution in [0.1, 0.15) is 17.0 Å². The molecular formula is C18H16ClN3O2S. The maximum Gasteiger partial charge on any atom is 0.322 e. The van der Waals surface area contributed by atoms with Gasteiger partial charge in [-0.1, -0.05) is 41.0 Å². The van der Waals surface area contributed by atoms with Crippen molar-refractivity contribution in [2.24, 2.45) is 0 Å². The predicted octanol–water partition coefficient (Wildman–Crippen LogP) is 4.22. The summed E-state index contributed by atoms with van der Waals surface area (Å²) in [5, 5.41) is 11.1. The third-order valence-corrected chi connectivity index (χ3v) is 4.50. The second-order valence-electron chi connectivity index (χ2n) is 5.38. The SMILES string of the molecule is CSc1ccc(Cc2nnc(NC(=O)Cc3ccc(Cl)cc3)o2)cc1. The van der Waals surface area contributed by atoms with Gasteiger partial charge in [-0.25, -0.2) is 0 Å². The molecule has 0 fully saturated rings. The molecule has 0 saturated heterocycles. The number of hydrogen-bond donors (Lipinski definition) is 1. The van der Waals surface area contributed by atoms with Gasteiger partial charge in [-0.15, -0.1) is 16.9 Å². The molecule has 7 heteroatoms. The average molecular weight is 374 g/mol. The van der Waals surface area contributed by atoms with Crippen LogP contribution in [0, 0.1) is 0 Å². The van der Waals surface area contributed by atoms with Crippen LogP contribution < -0.4 is 5.32 Å². The zero-order chi connectivity index (χ0) is 17.6. The van der Waals surface area contributed by atoms with Crippen molar-refractivity contribution in [3.63, 3.8) is 0 Å². The Labute approximate surface area is 154 Å². The highest BCUT2D eigenvalue weighted by molar-refractivity contribution is 7.98. The summed E-state index contributed by atoms with van der Waals surface area (Å²) < 4.78 is 5.49. The van der Waals surface area contributed by atoms with Crippen LogP contribution in [-0.4, -0.2) is 22.4 Å². The summed E-state index contributed by atoms with van der Waals surface area (Å²) in [5.74, 6) is 0.237. The van der Waals surface area contributed by atoms with Gasteiger partial charge in [0, 0.05) is 9.92 Å². The number of thioether (sulfide) groups is 1. The fourth-order valence-electron chi connectivity index (χ4n) is 2.24. The molecule has 1 heterocycles. The van der Waals surface area contributed by atoms with Crippen LogP contribution >= 0.6 is 23.4 Å². The van der Waals surface area contributed by atoms with Gasteiger partial charge in [0.15, 0.2) is 0 Å². The van der Waals surface area contributed by atoms with Crippen molar-refractivity contribution in [1.29, 1.82) is 0 Å². The molecule has 1 aromatic heterocycles. The summed E-state index contributed by atoms with van der Waals surface area (Å²) >= 11 is 7.52. The van der Waals surface area contributed by atoms with Gasteiger partial charge in [0.2, 0.25) is 11.8 Å². The van der Waals surface area contributed by atoms with Crippen molar-refractivity contribution < 1.29 is 9.21 Å². The molecule has 5 nitrogen and oxygen atoms in total. The molecule has 0 aliphatic carbocycles. The summed E-state index contributed by atoms with van der Waals surface area (Å²) in [6.45, 7) is 0. The van der Waals surface area contributed by atoms with E-state index in [0.29, 0.717) is 17.3 Å². The molecule has 0 atom stereocenters. The van der Waals surface area contributed by atoms with E-state index in [9.17, 15) is 4.79 Å². The van der Waals surface area contributed by atoms with Gasteiger partial charge in [-0.05, 0) is 41.6 Å². The zero-order valence-corrected chi connectivity index (χ0v) is 15.1. The standard InChI is InChI=1S/C18H16ClN3O2S/c1-25-15-8-4-13(5-9-15)11-17-21-22-18(24-17)20-16(23)10-12-2-6-14(19)7-3-12/h2-9H,10-11H2,1H3,(H,20,22,23). The van der Waals surface area contributed by atoms with E-state index in [1.807, 2.05) is 30.5 Å². The molecule has 0 unspecified atom stereocenters. The van der Waals surface area contributed by atoms with E-state index in [2.05, 4.69) is 15.5 Å². The topological polar surface area (TPSA) is 68.0 Å². The first-order valence-corrected chi connectivity index (χ1v) is 9.22. The first kappa shape index (κ1) is 17.5. The van der Waals surface area contributed by atoms with Crippen LogP contribution in [0.25, 0.3) is 0 Å². The lowest BCUT2D eigenvalue weighted by molar-refractivity contribution is -0.115. The molecule has 0 radical (unpaired) electrons. The van der Waals surface area contributed by atoms with Gasteiger partial charge in [0.1, 0.15) is 0 Å². The summed E-state index contributed by atoms with van der Waals surface area (Å²) in [6, 6.07) is 15.3. The van der Waals surface area contributed by atoms with Gasteiger partial charge in [0.25, 0.3) is 0 Å². The molecule has 0 bridgehead atoms. The van der Waals surface area contributed by atoms with E-state index in [1.54, 1.807) is 36.0 Å². The third kappa shape index (κ3) is 5.08. The number of nitrogens with zero attached hydrogens (tertiary/aromatic N) is 2. The van der Waals surface area contributed by atoms with E-state index < -0.39 is 0 Å². The number of carbonyl (C=O) groups excluding carboxylic acids is 1. The summed E-state index contributed by atoms with van der Waals surface area (Å²) in [4.78, 5) is 13.2. The Hall–Kier alpha value is -2.31. The Balaban J connectivity index is 1.57. The second kappa shape index (κ2) is 8.18. The number of amides is 1. The van der Waals surface area contributed by atoms with Crippen molar-refractivity contribution in [2.45, 2.75) is 17.7 Å². The van der Waals surface area contributed by atoms with Crippen LogP contribution in [0.15, 0.2) is 57.8 Å². The maximum absolute atomic E-state index is 12.0. The Bertz CT molecular complexity index is 848. The molecule has 3 aromatic rings. The van der Waals surface area contributed by atoms with Crippen molar-refractivity contribution in [1.82, 2.24) is 10.2 Å². The lowest BCUT2D eigenvalue weighted by Gasteiger charge is -2.01. The second-order valence-corrected chi connectivity index (χ2v) is 6.69. The van der Waals surface area contributed by atoms with E-state index >= 15 is 0 Å². The normalized spacial score (nSPS) is 10.6. The van der Waals surface area contributed by atoms with Crippen molar-refractivity contribution >= 4 is 35.3 Å². The minimum absolute atomic E-state index is 0.106. The molecule has 0 saturated carbocycles. The van der Waals surface area contributed by atoms with Gasteiger partial charge in [-0.2, -0.15) is 0 Å². The van der Waals surface area contributed by atoms with E-state index in [-0.39, 0.29) is 18.3 Å². The minimum atomic E-state index is -0.221. The molecular weight excluding hydrogens is 358 g/mol. The van der Waals surface area contributed by atoms with Gasteiger partial charge in [0.05, 0.1) is 12.8 Å². The largest absolute Gasteiger partial charge is 0.407 e. The van der Waals surface area contributed by atoms with E-state index in [0.717, 1.165) is 11.1 Å². The lowest BCUT2D eigenvalue weighted by Crippen LogP contribution is -2.14. The highest BCUT2D eigenvalue weighted by atomic mass is 35.5. The number of benzene rings is 2. The van der Waals surface area contributed by atoms with Crippen LogP contribution in [0.4, 0.5) is 6.01 Å². The molecule has 1 amide bonds. The van der Waals surface area contributed by atoms with Gasteiger partial charge >= 0.3 is 6.01 Å². The molecule has 3 rings (SSSR count). The Morgan fingerprint density at radius 1 is 1.08 bits per heavy atom. The summed E-state index contributed by atoms with van der Waals surface area (Å²) in [6.07, 6.45) is 2.77. The van der Waals surface area contributed by atoms with Crippen molar-refractivity contribution in [2.75, 3.05) is 11.6 Å². The maximum atomic E-state index is 12.0. The molecule has 0 aliphatic rings. The van der Waals surface area contributed by atoms with Crippen molar-refractivity contribution in [3.05, 3.63) is 70.6 Å². The van der Waals surface area contributed by atoms with Crippen LogP contribution in [0.5, 0.6) is 0 Å². The fourth-order valence-corrected chi connectivity index (χ4v) is 2.78. The van der Waals surface area contributed by atoms with Crippen molar-refractivity contribution in [3.8, 4) is 0 Å². The number of hydrogen-bond acceptors (Lipinski definition) is 5. The van der Waals surface area contributed by atoms with E-state index in [4.69, 9.17) is 16.0 Å². The number of aromatic nitrogens is 2. The smallest absolute Gasteiger partial charge is 0.322 e. The Kier molecular flexibility index (Phi) is 5.73. The number of carbonyl (C=O) groups is 1. The van der Waals surface area contributed by atoms with E-state index in [1.165, 1.54) is 4.90 Å². The highest BCUT2D eigenvalue weighted by Gasteiger charge is 2.11. The molecule has 0 aliphatic heterocycles. The minimum Gasteiger partial charge on any atom is -0.407 e. The first-order valence-electron chi connectivity index (χ1n) is 7.62. The Morgan fingerprint density at radius 3 is 2.44 bits per heavy atom. The van der Waals surface area contributed by atoms with Gasteiger partial charge < -0.3 is 4.42 Å². The van der Waals surface area contributed by atoms with Crippen LogP contribution in [-0.2, 0) is 17.6 Å². The molecule has 25 heavy (non-hydrogen) atoms. The van der Waals surface area contributed by atoms with Crippen LogP contribution in [0.2, 0.25) is 5.02 Å². The molecule has 0 spiro atoms. The molecule has 128 valence electrons. The predicted molar refractivity (Wildman–Crippen MR) is 99.1 cm³/mol. The molecule has 2 aromatic carbocycles. The summed E-state index contributed by atoms with van der Waals surface area (Å²) in [5.41, 5.74) is 1.93. The molecule has 1 N–H and O–H groups in total. The number of rotatable bonds is 6. The number of nitrogens with one attached hydrogen (secondary N) is 1. The van der Waals surface area contributed by atoms with Gasteiger partial charge in [-0.3, -0.25) is 10.1 Å². The average Bonchev–Trinajstić information content (AvgIpc) is 3.04. The zero-order valence-electron chi connectivity index (χ0n) is 13.5. The lowest BCUT2D eigenvalue weighted by atomic mass is 10.1. The quantitative estimate of drug-likeness (QED) is 0.655. The highest BCUT2D eigenvalue weighted by Crippen LogP contribution is 2.17. The first-order chi connectivity index (χ1) is 12.1. The monoisotopic (exact) mass is 373 g/mol. The fraction of sp³-hybridized carbons (Fsp3) is 0.167. The summed E-state index contributed by atoms with van der Waals surface area (Å²) in [7, 11) is 0. The Morgan fingerprint density at radius 2 is 1.76 bits per heavy atom. The number of anilines is 1.